The molecule has 0 aromatic heterocycles. The van der Waals surface area contributed by atoms with E-state index >= 15 is 0 Å². The predicted molar refractivity (Wildman–Crippen MR) is 63.8 cm³/mol. The van der Waals surface area contributed by atoms with Crippen molar-refractivity contribution in [2.75, 3.05) is 26.8 Å². The van der Waals surface area contributed by atoms with Crippen LogP contribution in [0.3, 0.4) is 0 Å². The van der Waals surface area contributed by atoms with E-state index < -0.39 is 0 Å². The van der Waals surface area contributed by atoms with Crippen LogP contribution in [0.25, 0.3) is 0 Å². The number of methoxy groups -OCH3 is 1. The maximum atomic E-state index is 12.9. The average Bonchev–Trinajstić information content (AvgIpc) is 2.85. The number of rotatable bonds is 4. The second kappa shape index (κ2) is 5.93. The standard InChI is InChI=1S/C13H16FNO3/c1-17-13(16)8-18-12-7-15-6-11(12)9-2-4-10(14)5-3-9/h2-5,11-12,15H,6-8H2,1H3/t11-,12+/m1/s1. The van der Waals surface area contributed by atoms with Crippen molar-refractivity contribution in [3.8, 4) is 0 Å². The van der Waals surface area contributed by atoms with Crippen LogP contribution in [-0.4, -0.2) is 38.9 Å². The smallest absolute Gasteiger partial charge is 0.331 e. The Kier molecular flexibility index (Phi) is 4.28. The van der Waals surface area contributed by atoms with Crippen LogP contribution in [-0.2, 0) is 14.3 Å². The Hall–Kier alpha value is -1.46. The molecule has 5 heteroatoms. The number of nitrogens with one attached hydrogen (secondary N) is 1. The van der Waals surface area contributed by atoms with Gasteiger partial charge in [0.25, 0.3) is 0 Å². The number of esters is 1. The number of benzene rings is 1. The van der Waals surface area contributed by atoms with E-state index in [0.717, 1.165) is 12.1 Å². The first-order chi connectivity index (χ1) is 8.70. The molecule has 1 aromatic rings. The monoisotopic (exact) mass is 253 g/mol. The summed E-state index contributed by atoms with van der Waals surface area (Å²) in [6.45, 7) is 1.39. The highest BCUT2D eigenvalue weighted by molar-refractivity contribution is 5.70. The van der Waals surface area contributed by atoms with Crippen molar-refractivity contribution in [2.24, 2.45) is 0 Å². The van der Waals surface area contributed by atoms with Crippen LogP contribution in [0.5, 0.6) is 0 Å². The molecule has 0 unspecified atom stereocenters. The minimum absolute atomic E-state index is 0.0550. The Morgan fingerprint density at radius 2 is 2.11 bits per heavy atom. The van der Waals surface area contributed by atoms with Crippen molar-refractivity contribution in [1.29, 1.82) is 0 Å². The molecule has 1 aromatic carbocycles. The minimum atomic E-state index is -0.389. The van der Waals surface area contributed by atoms with E-state index in [1.165, 1.54) is 19.2 Å². The summed E-state index contributed by atoms with van der Waals surface area (Å²) in [4.78, 5) is 11.0. The first-order valence-corrected chi connectivity index (χ1v) is 5.85. The van der Waals surface area contributed by atoms with Gasteiger partial charge in [0.1, 0.15) is 12.4 Å². The minimum Gasteiger partial charge on any atom is -0.467 e. The Bertz CT molecular complexity index is 407. The van der Waals surface area contributed by atoms with Gasteiger partial charge >= 0.3 is 5.97 Å². The zero-order valence-electron chi connectivity index (χ0n) is 10.2. The lowest BCUT2D eigenvalue weighted by Crippen LogP contribution is -2.25. The Morgan fingerprint density at radius 1 is 1.39 bits per heavy atom. The van der Waals surface area contributed by atoms with Crippen molar-refractivity contribution in [2.45, 2.75) is 12.0 Å². The molecule has 1 saturated heterocycles. The summed E-state index contributed by atoms with van der Waals surface area (Å²) in [5, 5.41) is 3.21. The molecule has 1 aliphatic heterocycles. The quantitative estimate of drug-likeness (QED) is 0.815. The fourth-order valence-corrected chi connectivity index (χ4v) is 2.11. The highest BCUT2D eigenvalue weighted by atomic mass is 19.1. The number of halogens is 1. The molecule has 0 radical (unpaired) electrons. The summed E-state index contributed by atoms with van der Waals surface area (Å²) in [6, 6.07) is 6.37. The second-order valence-corrected chi connectivity index (χ2v) is 4.24. The zero-order valence-corrected chi connectivity index (χ0v) is 10.2. The van der Waals surface area contributed by atoms with Crippen LogP contribution in [0.2, 0.25) is 0 Å². The molecular formula is C13H16FNO3. The number of hydrogen-bond acceptors (Lipinski definition) is 4. The van der Waals surface area contributed by atoms with E-state index in [1.807, 2.05) is 0 Å². The third-order valence-corrected chi connectivity index (χ3v) is 3.10. The lowest BCUT2D eigenvalue weighted by atomic mass is 9.96. The van der Waals surface area contributed by atoms with Gasteiger partial charge in [0.05, 0.1) is 13.2 Å². The molecule has 0 bridgehead atoms. The molecule has 0 saturated carbocycles. The molecule has 0 spiro atoms. The first-order valence-electron chi connectivity index (χ1n) is 5.85. The van der Waals surface area contributed by atoms with Crippen LogP contribution in [0.1, 0.15) is 11.5 Å². The number of carbonyl (C=O) groups excluding carboxylic acids is 1. The highest BCUT2D eigenvalue weighted by Crippen LogP contribution is 2.25. The fourth-order valence-electron chi connectivity index (χ4n) is 2.11. The molecule has 18 heavy (non-hydrogen) atoms. The van der Waals surface area contributed by atoms with E-state index in [9.17, 15) is 9.18 Å². The largest absolute Gasteiger partial charge is 0.467 e. The maximum Gasteiger partial charge on any atom is 0.331 e. The molecule has 1 N–H and O–H groups in total. The number of ether oxygens (including phenoxy) is 2. The molecule has 0 amide bonds. The third kappa shape index (κ3) is 3.05. The Morgan fingerprint density at radius 3 is 2.78 bits per heavy atom. The molecule has 1 fully saturated rings. The third-order valence-electron chi connectivity index (χ3n) is 3.10. The van der Waals surface area contributed by atoms with Gasteiger partial charge in [0, 0.05) is 19.0 Å². The fraction of sp³-hybridized carbons (Fsp3) is 0.462. The first kappa shape index (κ1) is 13.0. The van der Waals surface area contributed by atoms with Gasteiger partial charge in [-0.25, -0.2) is 9.18 Å². The van der Waals surface area contributed by atoms with Crippen LogP contribution < -0.4 is 5.32 Å². The SMILES string of the molecule is COC(=O)CO[C@H]1CNC[C@@H]1c1ccc(F)cc1. The Balaban J connectivity index is 1.98. The highest BCUT2D eigenvalue weighted by Gasteiger charge is 2.29. The van der Waals surface area contributed by atoms with E-state index in [4.69, 9.17) is 4.74 Å². The lowest BCUT2D eigenvalue weighted by Gasteiger charge is -2.19. The van der Waals surface area contributed by atoms with Gasteiger partial charge in [0.2, 0.25) is 0 Å². The average molecular weight is 253 g/mol. The molecule has 0 aliphatic carbocycles. The summed E-state index contributed by atoms with van der Waals surface area (Å²) in [5.74, 6) is -0.508. The summed E-state index contributed by atoms with van der Waals surface area (Å²) in [6.07, 6.45) is -0.0884. The van der Waals surface area contributed by atoms with Crippen LogP contribution in [0, 0.1) is 5.82 Å². The van der Waals surface area contributed by atoms with Gasteiger partial charge in [-0.1, -0.05) is 12.1 Å². The molecule has 2 atom stereocenters. The van der Waals surface area contributed by atoms with Crippen molar-refractivity contribution < 1.29 is 18.7 Å². The van der Waals surface area contributed by atoms with Crippen LogP contribution >= 0.6 is 0 Å². The summed E-state index contributed by atoms with van der Waals surface area (Å²) >= 11 is 0. The van der Waals surface area contributed by atoms with E-state index in [-0.39, 0.29) is 30.4 Å². The molecule has 1 aliphatic rings. The van der Waals surface area contributed by atoms with Gasteiger partial charge in [0.15, 0.2) is 0 Å². The van der Waals surface area contributed by atoms with Gasteiger partial charge < -0.3 is 14.8 Å². The van der Waals surface area contributed by atoms with Crippen LogP contribution in [0.15, 0.2) is 24.3 Å². The summed E-state index contributed by atoms with van der Waals surface area (Å²) < 4.78 is 22.9. The molecular weight excluding hydrogens is 237 g/mol. The van der Waals surface area contributed by atoms with Crippen molar-refractivity contribution in [3.05, 3.63) is 35.6 Å². The Labute approximate surface area is 105 Å². The van der Waals surface area contributed by atoms with Crippen molar-refractivity contribution >= 4 is 5.97 Å². The maximum absolute atomic E-state index is 12.9. The van der Waals surface area contributed by atoms with Gasteiger partial charge in [-0.05, 0) is 17.7 Å². The van der Waals surface area contributed by atoms with Crippen LogP contribution in [0.4, 0.5) is 4.39 Å². The topological polar surface area (TPSA) is 47.6 Å². The molecule has 2 rings (SSSR count). The van der Waals surface area contributed by atoms with E-state index in [2.05, 4.69) is 10.1 Å². The van der Waals surface area contributed by atoms with E-state index in [1.54, 1.807) is 12.1 Å². The molecule has 4 nitrogen and oxygen atoms in total. The summed E-state index contributed by atoms with van der Waals surface area (Å²) in [5.41, 5.74) is 1.01. The molecule has 98 valence electrons. The van der Waals surface area contributed by atoms with Crippen molar-refractivity contribution in [3.63, 3.8) is 0 Å². The summed E-state index contributed by atoms with van der Waals surface area (Å²) in [7, 11) is 1.33. The zero-order chi connectivity index (χ0) is 13.0. The number of carbonyl (C=O) groups is 1. The predicted octanol–water partition coefficient (Wildman–Crippen LogP) is 1.07. The van der Waals surface area contributed by atoms with Gasteiger partial charge in [-0.15, -0.1) is 0 Å². The molecule has 1 heterocycles. The van der Waals surface area contributed by atoms with Gasteiger partial charge in [-0.3, -0.25) is 0 Å². The van der Waals surface area contributed by atoms with E-state index in [0.29, 0.717) is 6.54 Å². The normalized spacial score (nSPS) is 23.0. The second-order valence-electron chi connectivity index (χ2n) is 4.24. The van der Waals surface area contributed by atoms with Gasteiger partial charge in [-0.2, -0.15) is 0 Å². The van der Waals surface area contributed by atoms with Crippen molar-refractivity contribution in [1.82, 2.24) is 5.32 Å². The number of hydrogen-bond donors (Lipinski definition) is 1. The lowest BCUT2D eigenvalue weighted by molar-refractivity contribution is -0.147.